The van der Waals surface area contributed by atoms with Gasteiger partial charge < -0.3 is 4.79 Å². The van der Waals surface area contributed by atoms with E-state index in [1.54, 1.807) is 25.1 Å². The number of halogens is 1. The first-order valence-electron chi connectivity index (χ1n) is 5.43. The molecule has 0 N–H and O–H groups in total. The number of carbonyl (C=O) groups is 1. The van der Waals surface area contributed by atoms with Crippen LogP contribution in [-0.4, -0.2) is 25.7 Å². The van der Waals surface area contributed by atoms with Gasteiger partial charge in [-0.3, -0.25) is 0 Å². The van der Waals surface area contributed by atoms with Gasteiger partial charge in [0.05, 0.1) is 5.25 Å². The summed E-state index contributed by atoms with van der Waals surface area (Å²) in [4.78, 5) is 10.9. The molecule has 1 saturated carbocycles. The third-order valence-electron chi connectivity index (χ3n) is 3.21. The van der Waals surface area contributed by atoms with Crippen molar-refractivity contribution in [3.8, 4) is 0 Å². The molecule has 0 radical (unpaired) electrons. The molecule has 0 spiro atoms. The lowest BCUT2D eigenvalue weighted by atomic mass is 10.1. The molecular formula is C12H13ClO3S. The molecule has 1 aliphatic carbocycles. The van der Waals surface area contributed by atoms with Gasteiger partial charge in [0.15, 0.2) is 9.84 Å². The second-order valence-corrected chi connectivity index (χ2v) is 7.09. The van der Waals surface area contributed by atoms with Crippen LogP contribution < -0.4 is 0 Å². The standard InChI is InChI=1S/C12H13ClO3S/c1-2-17(15,16)12-10(7-14)11(12)8-4-3-5-9(13)6-8/h3-7,10-12H,2H2,1H3/t10-,11+,12-/m1/s1. The summed E-state index contributed by atoms with van der Waals surface area (Å²) in [7, 11) is -3.17. The van der Waals surface area contributed by atoms with Crippen LogP contribution in [0.5, 0.6) is 0 Å². The molecule has 3 nitrogen and oxygen atoms in total. The lowest BCUT2D eigenvalue weighted by Gasteiger charge is -2.01. The van der Waals surface area contributed by atoms with Gasteiger partial charge in [0.2, 0.25) is 0 Å². The molecule has 1 aliphatic rings. The van der Waals surface area contributed by atoms with Crippen molar-refractivity contribution in [3.63, 3.8) is 0 Å². The Hall–Kier alpha value is -0.870. The van der Waals surface area contributed by atoms with E-state index in [9.17, 15) is 13.2 Å². The van der Waals surface area contributed by atoms with Crippen molar-refractivity contribution in [2.45, 2.75) is 18.1 Å². The highest BCUT2D eigenvalue weighted by Crippen LogP contribution is 2.51. The Morgan fingerprint density at radius 2 is 2.12 bits per heavy atom. The molecule has 0 unspecified atom stereocenters. The Bertz CT molecular complexity index is 538. The van der Waals surface area contributed by atoms with Gasteiger partial charge in [-0.2, -0.15) is 0 Å². The van der Waals surface area contributed by atoms with Crippen LogP contribution in [-0.2, 0) is 14.6 Å². The predicted molar refractivity (Wildman–Crippen MR) is 67.0 cm³/mol. The minimum Gasteiger partial charge on any atom is -0.303 e. The topological polar surface area (TPSA) is 51.2 Å². The van der Waals surface area contributed by atoms with E-state index in [2.05, 4.69) is 0 Å². The molecule has 0 saturated heterocycles. The van der Waals surface area contributed by atoms with E-state index in [4.69, 9.17) is 11.6 Å². The van der Waals surface area contributed by atoms with Crippen LogP contribution in [0.2, 0.25) is 5.02 Å². The van der Waals surface area contributed by atoms with Crippen LogP contribution in [0.4, 0.5) is 0 Å². The van der Waals surface area contributed by atoms with Crippen molar-refractivity contribution >= 4 is 27.7 Å². The Balaban J connectivity index is 2.33. The maximum Gasteiger partial charge on any atom is 0.154 e. The van der Waals surface area contributed by atoms with Gasteiger partial charge in [-0.25, -0.2) is 8.42 Å². The minimum atomic E-state index is -3.17. The van der Waals surface area contributed by atoms with Crippen molar-refractivity contribution in [2.75, 3.05) is 5.75 Å². The maximum atomic E-state index is 11.8. The fourth-order valence-electron chi connectivity index (χ4n) is 2.25. The largest absolute Gasteiger partial charge is 0.303 e. The molecule has 3 atom stereocenters. The summed E-state index contributed by atoms with van der Waals surface area (Å²) in [6.45, 7) is 1.60. The molecule has 17 heavy (non-hydrogen) atoms. The van der Waals surface area contributed by atoms with Crippen LogP contribution >= 0.6 is 11.6 Å². The first-order chi connectivity index (χ1) is 8.01. The third-order valence-corrected chi connectivity index (χ3v) is 5.69. The van der Waals surface area contributed by atoms with E-state index in [0.29, 0.717) is 5.02 Å². The summed E-state index contributed by atoms with van der Waals surface area (Å²) in [5.74, 6) is -0.575. The van der Waals surface area contributed by atoms with E-state index in [1.165, 1.54) is 0 Å². The van der Waals surface area contributed by atoms with E-state index in [0.717, 1.165) is 11.8 Å². The summed E-state index contributed by atoms with van der Waals surface area (Å²) in [5, 5.41) is -0.00448. The molecule has 1 fully saturated rings. The van der Waals surface area contributed by atoms with Gasteiger partial charge in [-0.05, 0) is 17.7 Å². The van der Waals surface area contributed by atoms with Crippen LogP contribution in [0, 0.1) is 5.92 Å². The van der Waals surface area contributed by atoms with Gasteiger partial charge in [0.1, 0.15) is 6.29 Å². The highest BCUT2D eigenvalue weighted by Gasteiger charge is 2.57. The van der Waals surface area contributed by atoms with Gasteiger partial charge in [-0.15, -0.1) is 0 Å². The minimum absolute atomic E-state index is 0.0685. The summed E-state index contributed by atoms with van der Waals surface area (Å²) >= 11 is 5.87. The molecule has 92 valence electrons. The van der Waals surface area contributed by atoms with Crippen molar-refractivity contribution in [1.29, 1.82) is 0 Å². The van der Waals surface area contributed by atoms with Crippen LogP contribution in [0.15, 0.2) is 24.3 Å². The molecule has 0 heterocycles. The zero-order valence-corrected chi connectivity index (χ0v) is 10.9. The molecule has 1 aromatic carbocycles. The highest BCUT2D eigenvalue weighted by molar-refractivity contribution is 7.92. The SMILES string of the molecule is CCS(=O)(=O)[C@@H]1[C@H](C=O)[C@@H]1c1cccc(Cl)c1. The Labute approximate surface area is 106 Å². The zero-order valence-electron chi connectivity index (χ0n) is 9.34. The average molecular weight is 273 g/mol. The predicted octanol–water partition coefficient (Wildman–Crippen LogP) is 2.06. The molecule has 0 bridgehead atoms. The second-order valence-electron chi connectivity index (χ2n) is 4.21. The molecular weight excluding hydrogens is 260 g/mol. The first kappa shape index (κ1) is 12.6. The Morgan fingerprint density at radius 3 is 2.65 bits per heavy atom. The summed E-state index contributed by atoms with van der Waals surface area (Å²) in [6.07, 6.45) is 0.740. The summed E-state index contributed by atoms with van der Waals surface area (Å²) < 4.78 is 23.6. The Morgan fingerprint density at radius 1 is 1.41 bits per heavy atom. The third kappa shape index (κ3) is 2.24. The molecule has 0 aromatic heterocycles. The summed E-state index contributed by atoms with van der Waals surface area (Å²) in [5.41, 5.74) is 0.830. The average Bonchev–Trinajstić information content (AvgIpc) is 3.04. The number of hydrogen-bond acceptors (Lipinski definition) is 3. The maximum absolute atomic E-state index is 11.8. The van der Waals surface area contributed by atoms with E-state index in [1.807, 2.05) is 6.07 Å². The molecule has 1 aromatic rings. The van der Waals surface area contributed by atoms with Crippen molar-refractivity contribution < 1.29 is 13.2 Å². The van der Waals surface area contributed by atoms with Crippen molar-refractivity contribution in [1.82, 2.24) is 0 Å². The number of hydrogen-bond donors (Lipinski definition) is 0. The lowest BCUT2D eigenvalue weighted by molar-refractivity contribution is -0.108. The molecule has 0 amide bonds. The van der Waals surface area contributed by atoms with Crippen LogP contribution in [0.25, 0.3) is 0 Å². The van der Waals surface area contributed by atoms with Crippen LogP contribution in [0.1, 0.15) is 18.4 Å². The monoisotopic (exact) mass is 272 g/mol. The van der Waals surface area contributed by atoms with Gasteiger partial charge in [0.25, 0.3) is 0 Å². The quantitative estimate of drug-likeness (QED) is 0.789. The second kappa shape index (κ2) is 4.42. The number of rotatable bonds is 4. The molecule has 5 heteroatoms. The zero-order chi connectivity index (χ0) is 12.6. The first-order valence-corrected chi connectivity index (χ1v) is 7.53. The van der Waals surface area contributed by atoms with E-state index < -0.39 is 21.0 Å². The highest BCUT2D eigenvalue weighted by atomic mass is 35.5. The van der Waals surface area contributed by atoms with Gasteiger partial charge in [0, 0.05) is 22.6 Å². The molecule has 0 aliphatic heterocycles. The van der Waals surface area contributed by atoms with Crippen molar-refractivity contribution in [2.24, 2.45) is 5.92 Å². The summed E-state index contributed by atoms with van der Waals surface area (Å²) in [6, 6.07) is 7.05. The van der Waals surface area contributed by atoms with Gasteiger partial charge in [-0.1, -0.05) is 30.7 Å². The van der Waals surface area contributed by atoms with Crippen molar-refractivity contribution in [3.05, 3.63) is 34.9 Å². The van der Waals surface area contributed by atoms with E-state index in [-0.39, 0.29) is 11.7 Å². The number of sulfone groups is 1. The van der Waals surface area contributed by atoms with Gasteiger partial charge >= 0.3 is 0 Å². The van der Waals surface area contributed by atoms with Crippen LogP contribution in [0.3, 0.4) is 0 Å². The fourth-order valence-corrected chi connectivity index (χ4v) is 4.24. The normalized spacial score (nSPS) is 27.8. The number of carbonyl (C=O) groups excluding carboxylic acids is 1. The lowest BCUT2D eigenvalue weighted by Crippen LogP contribution is -2.12. The number of benzene rings is 1. The Kier molecular flexibility index (Phi) is 3.27. The smallest absolute Gasteiger partial charge is 0.154 e. The van der Waals surface area contributed by atoms with E-state index >= 15 is 0 Å². The molecule has 2 rings (SSSR count). The number of aldehydes is 1. The fraction of sp³-hybridized carbons (Fsp3) is 0.417.